The van der Waals surface area contributed by atoms with Gasteiger partial charge in [0.05, 0.1) is 12.3 Å². The van der Waals surface area contributed by atoms with Crippen LogP contribution in [0.3, 0.4) is 0 Å². The highest BCUT2D eigenvalue weighted by Crippen LogP contribution is 2.44. The zero-order valence-corrected chi connectivity index (χ0v) is 24.6. The Morgan fingerprint density at radius 1 is 1.02 bits per heavy atom. The Balaban J connectivity index is 1.23. The number of carbonyl (C=O) groups is 2. The van der Waals surface area contributed by atoms with Crippen molar-refractivity contribution in [2.75, 3.05) is 36.9 Å². The molecule has 11 heteroatoms. The molecule has 1 aromatic heterocycles. The predicted molar refractivity (Wildman–Crippen MR) is 157 cm³/mol. The lowest BCUT2D eigenvalue weighted by atomic mass is 9.76. The zero-order valence-electron chi connectivity index (χ0n) is 23.0. The fourth-order valence-corrected chi connectivity index (χ4v) is 5.76. The number of likely N-dealkylation sites (tertiary alicyclic amines) is 1. The summed E-state index contributed by atoms with van der Waals surface area (Å²) in [7, 11) is 0. The molecule has 2 aliphatic rings. The molecule has 216 valence electrons. The number of benzene rings is 2. The van der Waals surface area contributed by atoms with E-state index in [9.17, 15) is 9.59 Å². The third-order valence-corrected chi connectivity index (χ3v) is 8.17. The number of carbonyl (C=O) groups excluding carboxylic acids is 2. The van der Waals surface area contributed by atoms with Gasteiger partial charge in [-0.3, -0.25) is 4.90 Å². The molecule has 2 fully saturated rings. The minimum Gasteiger partial charge on any atom is -0.487 e. The number of hydrogen-bond acceptors (Lipinski definition) is 9. The highest BCUT2D eigenvalue weighted by atomic mass is 79.9. The van der Waals surface area contributed by atoms with E-state index in [1.54, 1.807) is 11.8 Å². The van der Waals surface area contributed by atoms with Gasteiger partial charge in [-0.05, 0) is 61.4 Å². The van der Waals surface area contributed by atoms with E-state index in [0.717, 1.165) is 34.4 Å². The lowest BCUT2D eigenvalue weighted by Gasteiger charge is -2.39. The van der Waals surface area contributed by atoms with Crippen molar-refractivity contribution in [3.8, 4) is 5.75 Å². The molecule has 3 aromatic rings. The standard InChI is InChI=1S/C30H34BrN5O5/c1-2-39-27(37)25-17-30(20-36(25)29(38)41-18-21-6-4-3-5-7-21)12-14-35(15-13-30)26-16-23(33-28(32)34-26)19-40-24-10-8-22(31)9-11-24/h3-11,16,25H,2,12-15,17-20H2,1H3,(H2,32,33,34). The maximum absolute atomic E-state index is 13.1. The molecule has 2 aliphatic heterocycles. The number of esters is 1. The molecule has 41 heavy (non-hydrogen) atoms. The SMILES string of the molecule is CCOC(=O)C1CC2(CCN(c3cc(COc4ccc(Br)cc4)nc(N)n3)CC2)CN1C(=O)OCc1ccccc1. The minimum atomic E-state index is -0.665. The first-order chi connectivity index (χ1) is 19.8. The molecular formula is C30H34BrN5O5. The van der Waals surface area contributed by atoms with Crippen LogP contribution < -0.4 is 15.4 Å². The molecule has 2 aromatic carbocycles. The molecule has 1 amide bonds. The molecule has 0 radical (unpaired) electrons. The molecular weight excluding hydrogens is 590 g/mol. The van der Waals surface area contributed by atoms with Crippen LogP contribution in [0, 0.1) is 5.41 Å². The normalized spacial score (nSPS) is 17.9. The first kappa shape index (κ1) is 28.7. The third kappa shape index (κ3) is 7.08. The summed E-state index contributed by atoms with van der Waals surface area (Å²) in [6.45, 7) is 4.28. The third-order valence-electron chi connectivity index (χ3n) is 7.64. The first-order valence-corrected chi connectivity index (χ1v) is 14.5. The fourth-order valence-electron chi connectivity index (χ4n) is 5.50. The average molecular weight is 625 g/mol. The quantitative estimate of drug-likeness (QED) is 0.347. The Morgan fingerprint density at radius 2 is 1.76 bits per heavy atom. The van der Waals surface area contributed by atoms with Gasteiger partial charge in [0.25, 0.3) is 0 Å². The summed E-state index contributed by atoms with van der Waals surface area (Å²) >= 11 is 3.42. The fraction of sp³-hybridized carbons (Fsp3) is 0.400. The molecule has 2 N–H and O–H groups in total. The van der Waals surface area contributed by atoms with Crippen molar-refractivity contribution in [3.05, 3.63) is 76.4 Å². The van der Waals surface area contributed by atoms with Crippen LogP contribution >= 0.6 is 15.9 Å². The van der Waals surface area contributed by atoms with Crippen molar-refractivity contribution in [2.45, 2.75) is 45.4 Å². The second-order valence-electron chi connectivity index (χ2n) is 10.4. The van der Waals surface area contributed by atoms with E-state index in [4.69, 9.17) is 19.9 Å². The minimum absolute atomic E-state index is 0.148. The predicted octanol–water partition coefficient (Wildman–Crippen LogP) is 4.96. The molecule has 0 saturated carbocycles. The number of nitrogens with zero attached hydrogens (tertiary/aromatic N) is 4. The van der Waals surface area contributed by atoms with Gasteiger partial charge in [0.1, 0.15) is 30.8 Å². The molecule has 10 nitrogen and oxygen atoms in total. The number of rotatable bonds is 8. The maximum atomic E-state index is 13.1. The first-order valence-electron chi connectivity index (χ1n) is 13.7. The highest BCUT2D eigenvalue weighted by molar-refractivity contribution is 9.10. The van der Waals surface area contributed by atoms with E-state index in [1.165, 1.54) is 0 Å². The Labute approximate surface area is 247 Å². The van der Waals surface area contributed by atoms with Crippen molar-refractivity contribution in [1.82, 2.24) is 14.9 Å². The van der Waals surface area contributed by atoms with Crippen molar-refractivity contribution < 1.29 is 23.8 Å². The molecule has 0 aliphatic carbocycles. The van der Waals surface area contributed by atoms with E-state index in [0.29, 0.717) is 31.7 Å². The lowest BCUT2D eigenvalue weighted by Crippen LogP contribution is -2.43. The van der Waals surface area contributed by atoms with Gasteiger partial charge in [0, 0.05) is 30.2 Å². The maximum Gasteiger partial charge on any atom is 0.410 e. The summed E-state index contributed by atoms with van der Waals surface area (Å²) in [6.07, 6.45) is 1.60. The van der Waals surface area contributed by atoms with Crippen LogP contribution in [0.4, 0.5) is 16.6 Å². The van der Waals surface area contributed by atoms with Gasteiger partial charge in [-0.15, -0.1) is 0 Å². The van der Waals surface area contributed by atoms with Gasteiger partial charge in [-0.1, -0.05) is 46.3 Å². The van der Waals surface area contributed by atoms with Crippen LogP contribution in [0.25, 0.3) is 0 Å². The van der Waals surface area contributed by atoms with Gasteiger partial charge in [0.2, 0.25) is 5.95 Å². The van der Waals surface area contributed by atoms with Crippen LogP contribution in [-0.2, 0) is 27.5 Å². The van der Waals surface area contributed by atoms with E-state index < -0.39 is 12.1 Å². The summed E-state index contributed by atoms with van der Waals surface area (Å²) in [5, 5.41) is 0. The molecule has 1 unspecified atom stereocenters. The van der Waals surface area contributed by atoms with Crippen molar-refractivity contribution >= 4 is 39.8 Å². The monoisotopic (exact) mass is 623 g/mol. The molecule has 2 saturated heterocycles. The number of amides is 1. The van der Waals surface area contributed by atoms with E-state index in [2.05, 4.69) is 30.8 Å². The van der Waals surface area contributed by atoms with Crippen molar-refractivity contribution in [3.63, 3.8) is 0 Å². The summed E-state index contributed by atoms with van der Waals surface area (Å²) in [4.78, 5) is 38.6. The number of ether oxygens (including phenoxy) is 3. The number of anilines is 2. The summed E-state index contributed by atoms with van der Waals surface area (Å²) in [6, 6.07) is 18.3. The van der Waals surface area contributed by atoms with Crippen LogP contribution in [0.15, 0.2) is 65.1 Å². The largest absolute Gasteiger partial charge is 0.487 e. The van der Waals surface area contributed by atoms with Gasteiger partial charge in [-0.25, -0.2) is 14.6 Å². The number of nitrogens with two attached hydrogens (primary N) is 1. The van der Waals surface area contributed by atoms with Crippen LogP contribution in [0.2, 0.25) is 0 Å². The Bertz CT molecular complexity index is 1350. The van der Waals surface area contributed by atoms with Crippen LogP contribution in [0.1, 0.15) is 37.4 Å². The second kappa shape index (κ2) is 12.8. The summed E-state index contributed by atoms with van der Waals surface area (Å²) < 4.78 is 17.8. The molecule has 5 rings (SSSR count). The van der Waals surface area contributed by atoms with Crippen LogP contribution in [-0.4, -0.2) is 59.2 Å². The Kier molecular flexibility index (Phi) is 8.92. The Morgan fingerprint density at radius 3 is 2.46 bits per heavy atom. The summed E-state index contributed by atoms with van der Waals surface area (Å²) in [5.74, 6) is 1.27. The second-order valence-corrected chi connectivity index (χ2v) is 11.4. The number of piperidine rings is 1. The van der Waals surface area contributed by atoms with Crippen LogP contribution in [0.5, 0.6) is 5.75 Å². The number of aromatic nitrogens is 2. The molecule has 1 spiro atoms. The molecule has 3 heterocycles. The molecule has 0 bridgehead atoms. The molecule has 1 atom stereocenters. The number of nitrogen functional groups attached to an aromatic ring is 1. The highest BCUT2D eigenvalue weighted by Gasteiger charge is 2.51. The lowest BCUT2D eigenvalue weighted by molar-refractivity contribution is -0.148. The van der Waals surface area contributed by atoms with E-state index in [-0.39, 0.29) is 37.2 Å². The van der Waals surface area contributed by atoms with Crippen molar-refractivity contribution in [1.29, 1.82) is 0 Å². The number of hydrogen-bond donors (Lipinski definition) is 1. The average Bonchev–Trinajstić information content (AvgIpc) is 3.35. The van der Waals surface area contributed by atoms with Gasteiger partial charge < -0.3 is 24.8 Å². The smallest absolute Gasteiger partial charge is 0.410 e. The van der Waals surface area contributed by atoms with E-state index in [1.807, 2.05) is 60.7 Å². The Hall–Kier alpha value is -3.86. The topological polar surface area (TPSA) is 120 Å². The van der Waals surface area contributed by atoms with Crippen molar-refractivity contribution in [2.24, 2.45) is 5.41 Å². The van der Waals surface area contributed by atoms with Gasteiger partial charge >= 0.3 is 12.1 Å². The van der Waals surface area contributed by atoms with E-state index >= 15 is 0 Å². The zero-order chi connectivity index (χ0) is 28.8. The number of halogens is 1. The summed E-state index contributed by atoms with van der Waals surface area (Å²) in [5.41, 5.74) is 7.41. The van der Waals surface area contributed by atoms with Gasteiger partial charge in [-0.2, -0.15) is 4.98 Å². The van der Waals surface area contributed by atoms with Gasteiger partial charge in [0.15, 0.2) is 0 Å².